The number of nitrogens with zero attached hydrogens (tertiary/aromatic N) is 1. The van der Waals surface area contributed by atoms with Crippen LogP contribution in [0.25, 0.3) is 6.08 Å². The molecular weight excluding hydrogens is 488 g/mol. The van der Waals surface area contributed by atoms with E-state index < -0.39 is 33.6 Å². The summed E-state index contributed by atoms with van der Waals surface area (Å²) < 4.78 is 78.3. The van der Waals surface area contributed by atoms with E-state index in [0.717, 1.165) is 24.5 Å². The Morgan fingerprint density at radius 1 is 1.29 bits per heavy atom. The van der Waals surface area contributed by atoms with Crippen molar-refractivity contribution in [2.45, 2.75) is 39.0 Å². The molecule has 3 N–H and O–H groups in total. The van der Waals surface area contributed by atoms with Gasteiger partial charge in [-0.05, 0) is 49.2 Å². The van der Waals surface area contributed by atoms with Crippen LogP contribution in [0, 0.1) is 18.2 Å². The molecule has 2 rings (SSSR count). The molecule has 1 amide bonds. The van der Waals surface area contributed by atoms with Crippen molar-refractivity contribution < 1.29 is 30.8 Å². The molecule has 0 saturated heterocycles. The minimum absolute atomic E-state index is 0.0204. The summed E-state index contributed by atoms with van der Waals surface area (Å²) in [5, 5.41) is 5.39. The van der Waals surface area contributed by atoms with Crippen molar-refractivity contribution in [1.82, 2.24) is 10.3 Å². The Bertz CT molecular complexity index is 1270. The van der Waals surface area contributed by atoms with Crippen LogP contribution in [0.1, 0.15) is 42.7 Å². The molecule has 0 aliphatic carbocycles. The molecule has 7 nitrogen and oxygen atoms in total. The van der Waals surface area contributed by atoms with Gasteiger partial charge in [0.05, 0.1) is 17.5 Å². The number of benzene rings is 1. The summed E-state index contributed by atoms with van der Waals surface area (Å²) in [6, 6.07) is 4.22. The van der Waals surface area contributed by atoms with E-state index in [4.69, 9.17) is 6.42 Å². The number of aromatic nitrogens is 1. The predicted octanol–water partition coefficient (Wildman–Crippen LogP) is 4.13. The third-order valence-corrected chi connectivity index (χ3v) is 5.26. The molecule has 1 unspecified atom stereocenters. The average molecular weight is 513 g/mol. The first-order valence-electron chi connectivity index (χ1n) is 10.3. The SMILES string of the molecule is C#Cc1cc(CNC(=O)/C=C/c2ccc(C(F)(F)F)nc2NC(C)CC)cc(F)c1NS(C)(=O)=O. The number of hydrogen-bond donors (Lipinski definition) is 3. The lowest BCUT2D eigenvalue weighted by Crippen LogP contribution is -2.21. The fourth-order valence-corrected chi connectivity index (χ4v) is 3.37. The van der Waals surface area contributed by atoms with Crippen molar-refractivity contribution in [3.8, 4) is 12.3 Å². The first-order valence-corrected chi connectivity index (χ1v) is 12.2. The molecule has 35 heavy (non-hydrogen) atoms. The number of alkyl halides is 3. The number of terminal acetylenes is 1. The lowest BCUT2D eigenvalue weighted by atomic mass is 10.1. The summed E-state index contributed by atoms with van der Waals surface area (Å²) >= 11 is 0. The second-order valence-electron chi connectivity index (χ2n) is 7.66. The van der Waals surface area contributed by atoms with Crippen LogP contribution < -0.4 is 15.4 Å². The minimum atomic E-state index is -4.62. The molecule has 1 aromatic heterocycles. The van der Waals surface area contributed by atoms with E-state index in [2.05, 4.69) is 21.5 Å². The van der Waals surface area contributed by atoms with E-state index in [0.29, 0.717) is 6.42 Å². The minimum Gasteiger partial charge on any atom is -0.367 e. The lowest BCUT2D eigenvalue weighted by molar-refractivity contribution is -0.141. The van der Waals surface area contributed by atoms with Crippen LogP contribution in [0.3, 0.4) is 0 Å². The third-order valence-electron chi connectivity index (χ3n) is 4.69. The molecule has 0 bridgehead atoms. The lowest BCUT2D eigenvalue weighted by Gasteiger charge is -2.16. The molecule has 0 fully saturated rings. The number of anilines is 2. The zero-order chi connectivity index (χ0) is 26.4. The van der Waals surface area contributed by atoms with Crippen molar-refractivity contribution in [3.05, 3.63) is 58.5 Å². The zero-order valence-electron chi connectivity index (χ0n) is 19.1. The van der Waals surface area contributed by atoms with Crippen molar-refractivity contribution in [3.63, 3.8) is 0 Å². The number of nitrogens with one attached hydrogen (secondary N) is 3. The number of sulfonamides is 1. The first kappa shape index (κ1) is 27.7. The van der Waals surface area contributed by atoms with Crippen molar-refractivity contribution in [2.24, 2.45) is 0 Å². The van der Waals surface area contributed by atoms with Gasteiger partial charge in [0.1, 0.15) is 17.3 Å². The summed E-state index contributed by atoms with van der Waals surface area (Å²) in [5.74, 6) is 0.642. The van der Waals surface area contributed by atoms with Crippen LogP contribution in [0.15, 0.2) is 30.3 Å². The summed E-state index contributed by atoms with van der Waals surface area (Å²) in [4.78, 5) is 15.9. The molecule has 0 aliphatic rings. The largest absolute Gasteiger partial charge is 0.433 e. The van der Waals surface area contributed by atoms with E-state index in [-0.39, 0.29) is 40.8 Å². The fraction of sp³-hybridized carbons (Fsp3) is 0.304. The quantitative estimate of drug-likeness (QED) is 0.267. The van der Waals surface area contributed by atoms with Crippen LogP contribution in [0.4, 0.5) is 29.1 Å². The van der Waals surface area contributed by atoms with Gasteiger partial charge in [0.25, 0.3) is 0 Å². The Hall–Kier alpha value is -3.59. The molecule has 0 saturated carbocycles. The van der Waals surface area contributed by atoms with E-state index in [9.17, 15) is 30.8 Å². The molecule has 1 heterocycles. The topological polar surface area (TPSA) is 100 Å². The Balaban J connectivity index is 2.18. The fourth-order valence-electron chi connectivity index (χ4n) is 2.79. The molecule has 12 heteroatoms. The molecular formula is C23H24F4N4O3S. The Kier molecular flexibility index (Phi) is 8.87. The number of pyridine rings is 1. The highest BCUT2D eigenvalue weighted by molar-refractivity contribution is 7.92. The standard InChI is InChI=1S/C23H24F4N4O3S/c1-5-14(3)29-22-17(7-9-19(30-22)23(25,26)27)8-10-20(32)28-13-15-11-16(6-2)21(18(24)12-15)31-35(4,33)34/h2,7-12,14,31H,5,13H2,1,3-4H3,(H,28,32)(H,29,30)/b10-8+. The Labute approximate surface area is 201 Å². The number of halogens is 4. The average Bonchev–Trinajstić information content (AvgIpc) is 2.76. The van der Waals surface area contributed by atoms with Gasteiger partial charge < -0.3 is 10.6 Å². The van der Waals surface area contributed by atoms with Gasteiger partial charge in [-0.15, -0.1) is 6.42 Å². The number of amides is 1. The molecule has 188 valence electrons. The number of carbonyl (C=O) groups excluding carboxylic acids is 1. The number of carbonyl (C=O) groups is 1. The highest BCUT2D eigenvalue weighted by Gasteiger charge is 2.33. The van der Waals surface area contributed by atoms with Gasteiger partial charge >= 0.3 is 6.18 Å². The Morgan fingerprint density at radius 2 is 1.97 bits per heavy atom. The van der Waals surface area contributed by atoms with Crippen molar-refractivity contribution in [1.29, 1.82) is 0 Å². The van der Waals surface area contributed by atoms with Crippen molar-refractivity contribution >= 4 is 33.5 Å². The maximum Gasteiger partial charge on any atom is 0.433 e. The summed E-state index contributed by atoms with van der Waals surface area (Å²) in [5.41, 5.74) is -0.949. The monoisotopic (exact) mass is 512 g/mol. The van der Waals surface area contributed by atoms with Crippen molar-refractivity contribution in [2.75, 3.05) is 16.3 Å². The van der Waals surface area contributed by atoms with E-state index >= 15 is 0 Å². The van der Waals surface area contributed by atoms with E-state index in [1.165, 1.54) is 18.2 Å². The summed E-state index contributed by atoms with van der Waals surface area (Å²) in [6.45, 7) is 3.49. The van der Waals surface area contributed by atoms with Gasteiger partial charge in [-0.2, -0.15) is 13.2 Å². The number of hydrogen-bond acceptors (Lipinski definition) is 5. The molecule has 1 atom stereocenters. The second kappa shape index (κ2) is 11.2. The highest BCUT2D eigenvalue weighted by atomic mass is 32.2. The molecule has 0 radical (unpaired) electrons. The van der Waals surface area contributed by atoms with Gasteiger partial charge in [0.2, 0.25) is 15.9 Å². The first-order chi connectivity index (χ1) is 16.2. The van der Waals surface area contributed by atoms with Gasteiger partial charge in [-0.3, -0.25) is 9.52 Å². The predicted molar refractivity (Wildman–Crippen MR) is 126 cm³/mol. The molecule has 0 spiro atoms. The van der Waals surface area contributed by atoms with Gasteiger partial charge in [-0.25, -0.2) is 17.8 Å². The number of rotatable bonds is 9. The van der Waals surface area contributed by atoms with Gasteiger partial charge in [0.15, 0.2) is 0 Å². The third kappa shape index (κ3) is 8.29. The van der Waals surface area contributed by atoms with Gasteiger partial charge in [-0.1, -0.05) is 12.8 Å². The Morgan fingerprint density at radius 3 is 2.54 bits per heavy atom. The van der Waals surface area contributed by atoms with Gasteiger partial charge in [0, 0.05) is 24.2 Å². The van der Waals surface area contributed by atoms with E-state index in [1.54, 1.807) is 6.92 Å². The van der Waals surface area contributed by atoms with E-state index in [1.807, 2.05) is 11.6 Å². The molecule has 0 aliphatic heterocycles. The summed E-state index contributed by atoms with van der Waals surface area (Å²) in [6.07, 6.45) is 4.61. The van der Waals surface area contributed by atoms with Crippen LogP contribution in [-0.2, 0) is 27.5 Å². The zero-order valence-corrected chi connectivity index (χ0v) is 19.9. The maximum absolute atomic E-state index is 14.4. The maximum atomic E-state index is 14.4. The second-order valence-corrected chi connectivity index (χ2v) is 9.40. The normalized spacial score (nSPS) is 12.7. The smallest absolute Gasteiger partial charge is 0.367 e. The molecule has 1 aromatic carbocycles. The highest BCUT2D eigenvalue weighted by Crippen LogP contribution is 2.30. The van der Waals surface area contributed by atoms with Crippen LogP contribution in [-0.4, -0.2) is 31.6 Å². The van der Waals surface area contributed by atoms with Crippen LogP contribution >= 0.6 is 0 Å². The van der Waals surface area contributed by atoms with Crippen LogP contribution in [0.2, 0.25) is 0 Å². The summed E-state index contributed by atoms with van der Waals surface area (Å²) in [7, 11) is -3.77. The van der Waals surface area contributed by atoms with Crippen LogP contribution in [0.5, 0.6) is 0 Å². The molecule has 2 aromatic rings.